The molecule has 1 heterocycles. The molecule has 20 heavy (non-hydrogen) atoms. The van der Waals surface area contributed by atoms with Crippen LogP contribution < -0.4 is 0 Å². The average Bonchev–Trinajstić information content (AvgIpc) is 3.09. The molecular formula is C16H22O4. The van der Waals surface area contributed by atoms with Gasteiger partial charge in [0.05, 0.1) is 6.61 Å². The molecule has 1 aliphatic heterocycles. The van der Waals surface area contributed by atoms with E-state index in [9.17, 15) is 9.59 Å². The zero-order valence-corrected chi connectivity index (χ0v) is 12.0. The van der Waals surface area contributed by atoms with Gasteiger partial charge in [-0.2, -0.15) is 0 Å². The van der Waals surface area contributed by atoms with Crippen molar-refractivity contribution in [1.82, 2.24) is 0 Å². The lowest BCUT2D eigenvalue weighted by Gasteiger charge is -2.31. The van der Waals surface area contributed by atoms with Crippen LogP contribution in [0.5, 0.6) is 0 Å². The van der Waals surface area contributed by atoms with Crippen molar-refractivity contribution in [1.29, 1.82) is 0 Å². The first-order valence-corrected chi connectivity index (χ1v) is 7.99. The average molecular weight is 278 g/mol. The number of ketones is 1. The van der Waals surface area contributed by atoms with Gasteiger partial charge in [0.1, 0.15) is 11.9 Å². The molecule has 0 aromatic heterocycles. The minimum Gasteiger partial charge on any atom is -0.459 e. The molecule has 110 valence electrons. The van der Waals surface area contributed by atoms with Gasteiger partial charge in [-0.25, -0.2) is 4.79 Å². The van der Waals surface area contributed by atoms with E-state index >= 15 is 0 Å². The van der Waals surface area contributed by atoms with E-state index in [1.165, 1.54) is 6.42 Å². The third-order valence-corrected chi connectivity index (χ3v) is 6.11. The standard InChI is InChI=1S/C16H22O4/c1-2-10-5-12(17)6-14(10)20-15(18)16-7-9-3-11(8-19-16)13(16)4-9/h9-11,13-14H,2-8H2,1H3. The number of fused-ring (bicyclic) bond motifs is 1. The topological polar surface area (TPSA) is 52.6 Å². The van der Waals surface area contributed by atoms with Crippen molar-refractivity contribution in [2.75, 3.05) is 6.61 Å². The van der Waals surface area contributed by atoms with Crippen LogP contribution in [-0.2, 0) is 19.1 Å². The van der Waals surface area contributed by atoms with Crippen molar-refractivity contribution in [2.24, 2.45) is 23.7 Å². The first-order chi connectivity index (χ1) is 9.62. The molecule has 0 amide bonds. The molecule has 6 atom stereocenters. The Hall–Kier alpha value is -0.900. The summed E-state index contributed by atoms with van der Waals surface area (Å²) in [4.78, 5) is 24.3. The molecule has 4 rings (SSSR count). The Morgan fingerprint density at radius 3 is 3.00 bits per heavy atom. The number of carbonyl (C=O) groups is 2. The normalized spacial score (nSPS) is 49.0. The molecule has 0 spiro atoms. The number of carbonyl (C=O) groups excluding carboxylic acids is 2. The van der Waals surface area contributed by atoms with E-state index in [0.717, 1.165) is 25.9 Å². The molecule has 0 N–H and O–H groups in total. The maximum atomic E-state index is 12.7. The molecule has 4 nitrogen and oxygen atoms in total. The van der Waals surface area contributed by atoms with E-state index < -0.39 is 5.60 Å². The van der Waals surface area contributed by atoms with Crippen molar-refractivity contribution < 1.29 is 19.1 Å². The summed E-state index contributed by atoms with van der Waals surface area (Å²) in [5.74, 6) is 1.84. The fourth-order valence-electron chi connectivity index (χ4n) is 5.14. The number of hydrogen-bond donors (Lipinski definition) is 0. The highest BCUT2D eigenvalue weighted by molar-refractivity contribution is 5.84. The molecule has 1 saturated heterocycles. The molecule has 4 fully saturated rings. The Morgan fingerprint density at radius 1 is 1.40 bits per heavy atom. The zero-order chi connectivity index (χ0) is 13.9. The second-order valence-corrected chi connectivity index (χ2v) is 7.17. The highest BCUT2D eigenvalue weighted by Gasteiger charge is 2.65. The highest BCUT2D eigenvalue weighted by Crippen LogP contribution is 2.60. The van der Waals surface area contributed by atoms with E-state index in [-0.39, 0.29) is 23.8 Å². The van der Waals surface area contributed by atoms with Crippen molar-refractivity contribution in [3.05, 3.63) is 0 Å². The van der Waals surface area contributed by atoms with E-state index in [0.29, 0.717) is 30.6 Å². The number of rotatable bonds is 3. The lowest BCUT2D eigenvalue weighted by atomic mass is 9.80. The van der Waals surface area contributed by atoms with E-state index in [2.05, 4.69) is 6.92 Å². The maximum absolute atomic E-state index is 12.7. The molecular weight excluding hydrogens is 256 g/mol. The summed E-state index contributed by atoms with van der Waals surface area (Å²) in [6, 6.07) is 0. The van der Waals surface area contributed by atoms with Crippen LogP contribution in [0.1, 0.15) is 45.4 Å². The Labute approximate surface area is 119 Å². The summed E-state index contributed by atoms with van der Waals surface area (Å²) >= 11 is 0. The first-order valence-electron chi connectivity index (χ1n) is 7.99. The van der Waals surface area contributed by atoms with Gasteiger partial charge in [-0.1, -0.05) is 6.92 Å². The second-order valence-electron chi connectivity index (χ2n) is 7.17. The van der Waals surface area contributed by atoms with Gasteiger partial charge in [0.15, 0.2) is 5.60 Å². The summed E-state index contributed by atoms with van der Waals surface area (Å²) < 4.78 is 11.7. The van der Waals surface area contributed by atoms with E-state index in [4.69, 9.17) is 9.47 Å². The molecule has 0 aromatic rings. The van der Waals surface area contributed by atoms with Gasteiger partial charge in [-0.05, 0) is 37.5 Å². The maximum Gasteiger partial charge on any atom is 0.339 e. The summed E-state index contributed by atoms with van der Waals surface area (Å²) in [7, 11) is 0. The third kappa shape index (κ3) is 1.63. The smallest absolute Gasteiger partial charge is 0.339 e. The van der Waals surface area contributed by atoms with Crippen molar-refractivity contribution in [3.63, 3.8) is 0 Å². The monoisotopic (exact) mass is 278 g/mol. The third-order valence-electron chi connectivity index (χ3n) is 6.11. The van der Waals surface area contributed by atoms with Gasteiger partial charge in [0.2, 0.25) is 0 Å². The quantitative estimate of drug-likeness (QED) is 0.742. The van der Waals surface area contributed by atoms with Crippen molar-refractivity contribution >= 4 is 11.8 Å². The number of Topliss-reactive ketones (excluding diaryl/α,β-unsaturated/α-hetero) is 1. The van der Waals surface area contributed by atoms with Gasteiger partial charge in [0.25, 0.3) is 0 Å². The molecule has 0 radical (unpaired) electrons. The van der Waals surface area contributed by atoms with E-state index in [1.807, 2.05) is 0 Å². The van der Waals surface area contributed by atoms with Gasteiger partial charge >= 0.3 is 5.97 Å². The Morgan fingerprint density at radius 2 is 2.25 bits per heavy atom. The van der Waals surface area contributed by atoms with Crippen LogP contribution in [0.4, 0.5) is 0 Å². The Bertz CT molecular complexity index is 459. The lowest BCUT2D eigenvalue weighted by molar-refractivity contribution is -0.177. The minimum atomic E-state index is -0.655. The fraction of sp³-hybridized carbons (Fsp3) is 0.875. The molecule has 6 unspecified atom stereocenters. The predicted octanol–water partition coefficient (Wildman–Crippen LogP) is 2.10. The zero-order valence-electron chi connectivity index (χ0n) is 12.0. The Kier molecular flexibility index (Phi) is 2.75. The molecule has 0 aromatic carbocycles. The van der Waals surface area contributed by atoms with Gasteiger partial charge in [0, 0.05) is 24.7 Å². The summed E-state index contributed by atoms with van der Waals surface area (Å²) in [5, 5.41) is 0. The van der Waals surface area contributed by atoms with Crippen LogP contribution in [0.3, 0.4) is 0 Å². The Balaban J connectivity index is 1.50. The first kappa shape index (κ1) is 12.8. The molecule has 2 bridgehead atoms. The molecule has 4 aliphatic rings. The van der Waals surface area contributed by atoms with Gasteiger partial charge < -0.3 is 9.47 Å². The summed E-state index contributed by atoms with van der Waals surface area (Å²) in [6.45, 7) is 2.78. The van der Waals surface area contributed by atoms with E-state index in [1.54, 1.807) is 0 Å². The number of hydrogen-bond acceptors (Lipinski definition) is 4. The number of ether oxygens (including phenoxy) is 2. The molecule has 3 aliphatic carbocycles. The summed E-state index contributed by atoms with van der Waals surface area (Å²) in [5.41, 5.74) is -0.655. The largest absolute Gasteiger partial charge is 0.459 e. The lowest BCUT2D eigenvalue weighted by Crippen LogP contribution is -2.45. The predicted molar refractivity (Wildman–Crippen MR) is 70.9 cm³/mol. The minimum absolute atomic E-state index is 0.176. The molecule has 3 saturated carbocycles. The molecule has 4 heteroatoms. The fourth-order valence-corrected chi connectivity index (χ4v) is 5.14. The van der Waals surface area contributed by atoms with Crippen molar-refractivity contribution in [2.45, 2.75) is 57.2 Å². The highest BCUT2D eigenvalue weighted by atomic mass is 16.6. The second kappa shape index (κ2) is 4.30. The van der Waals surface area contributed by atoms with Crippen molar-refractivity contribution in [3.8, 4) is 0 Å². The van der Waals surface area contributed by atoms with Crippen LogP contribution in [0, 0.1) is 23.7 Å². The van der Waals surface area contributed by atoms with Gasteiger partial charge in [-0.3, -0.25) is 4.79 Å². The van der Waals surface area contributed by atoms with Crippen LogP contribution in [0.2, 0.25) is 0 Å². The van der Waals surface area contributed by atoms with Crippen LogP contribution in [0.25, 0.3) is 0 Å². The van der Waals surface area contributed by atoms with Crippen LogP contribution >= 0.6 is 0 Å². The van der Waals surface area contributed by atoms with Crippen LogP contribution in [0.15, 0.2) is 0 Å². The summed E-state index contributed by atoms with van der Waals surface area (Å²) in [6.07, 6.45) is 4.84. The SMILES string of the molecule is CCC1CC(=O)CC1OC(=O)C12CC3CC(CO1)C2C3. The van der Waals surface area contributed by atoms with Gasteiger partial charge in [-0.15, -0.1) is 0 Å². The number of esters is 1. The van der Waals surface area contributed by atoms with Crippen LogP contribution in [-0.4, -0.2) is 30.1 Å².